The van der Waals surface area contributed by atoms with Gasteiger partial charge in [0.15, 0.2) is 11.6 Å². The highest BCUT2D eigenvalue weighted by Gasteiger charge is 2.30. The second-order valence-corrected chi connectivity index (χ2v) is 6.81. The molecule has 0 spiro atoms. The number of nitrogens with zero attached hydrogens (tertiary/aromatic N) is 6. The minimum absolute atomic E-state index is 0.609. The molecule has 2 aliphatic rings. The van der Waals surface area contributed by atoms with E-state index < -0.39 is 0 Å². The van der Waals surface area contributed by atoms with Crippen molar-refractivity contribution in [1.29, 1.82) is 0 Å². The van der Waals surface area contributed by atoms with Crippen LogP contribution in [0.1, 0.15) is 12.2 Å². The third kappa shape index (κ3) is 3.66. The fourth-order valence-corrected chi connectivity index (χ4v) is 3.85. The van der Waals surface area contributed by atoms with Crippen LogP contribution in [0.2, 0.25) is 0 Å². The third-order valence-corrected chi connectivity index (χ3v) is 5.25. The summed E-state index contributed by atoms with van der Waals surface area (Å²) < 4.78 is 7.51. The molecule has 0 aliphatic carbocycles. The number of morpholine rings is 1. The molecule has 4 rings (SSSR count). The number of hydrogen-bond acceptors (Lipinski definition) is 5. The maximum Gasteiger partial charge on any atom is 0.193 e. The van der Waals surface area contributed by atoms with Gasteiger partial charge in [0.2, 0.25) is 0 Å². The zero-order valence-electron chi connectivity index (χ0n) is 15.3. The topological polar surface area (TPSA) is 70.3 Å². The van der Waals surface area contributed by atoms with Crippen molar-refractivity contribution >= 4 is 11.6 Å². The lowest BCUT2D eigenvalue weighted by molar-refractivity contribution is 0.0195. The summed E-state index contributed by atoms with van der Waals surface area (Å²) in [5, 5.41) is 12.0. The van der Waals surface area contributed by atoms with Crippen LogP contribution < -0.4 is 5.32 Å². The lowest BCUT2D eigenvalue weighted by Gasteiger charge is -2.32. The van der Waals surface area contributed by atoms with Gasteiger partial charge in [0.25, 0.3) is 0 Å². The van der Waals surface area contributed by atoms with Crippen molar-refractivity contribution in [1.82, 2.24) is 29.7 Å². The first-order valence-corrected chi connectivity index (χ1v) is 9.41. The molecule has 8 heteroatoms. The van der Waals surface area contributed by atoms with Gasteiger partial charge in [-0.3, -0.25) is 14.3 Å². The van der Waals surface area contributed by atoms with Crippen molar-refractivity contribution in [2.24, 2.45) is 4.99 Å². The first kappa shape index (κ1) is 17.2. The number of likely N-dealkylation sites (tertiary alicyclic amines) is 1. The minimum atomic E-state index is 0.609. The number of fused-ring (bicyclic) bond motifs is 1. The molecule has 1 unspecified atom stereocenters. The predicted octanol–water partition coefficient (Wildman–Crippen LogP) is 0.254. The van der Waals surface area contributed by atoms with Crippen LogP contribution in [0.5, 0.6) is 0 Å². The minimum Gasteiger partial charge on any atom is -0.379 e. The summed E-state index contributed by atoms with van der Waals surface area (Å²) in [5.41, 5.74) is 0.889. The highest BCUT2D eigenvalue weighted by atomic mass is 16.5. The SMILES string of the molecule is CN=C(NCCc1nnc2ccccn12)N1CCC(N2CCOCC2)C1. The molecule has 2 saturated heterocycles. The van der Waals surface area contributed by atoms with Crippen LogP contribution >= 0.6 is 0 Å². The van der Waals surface area contributed by atoms with Crippen molar-refractivity contribution in [2.45, 2.75) is 18.9 Å². The average molecular weight is 357 g/mol. The Morgan fingerprint density at radius 1 is 1.27 bits per heavy atom. The Morgan fingerprint density at radius 2 is 2.15 bits per heavy atom. The highest BCUT2D eigenvalue weighted by Crippen LogP contribution is 2.17. The molecule has 2 fully saturated rings. The van der Waals surface area contributed by atoms with Crippen LogP contribution in [0.4, 0.5) is 0 Å². The van der Waals surface area contributed by atoms with Crippen molar-refractivity contribution in [3.8, 4) is 0 Å². The molecule has 0 radical (unpaired) electrons. The van der Waals surface area contributed by atoms with Gasteiger partial charge in [-0.25, -0.2) is 0 Å². The van der Waals surface area contributed by atoms with Gasteiger partial charge < -0.3 is 15.0 Å². The van der Waals surface area contributed by atoms with Gasteiger partial charge in [-0.15, -0.1) is 10.2 Å². The van der Waals surface area contributed by atoms with Crippen LogP contribution in [0.25, 0.3) is 5.65 Å². The van der Waals surface area contributed by atoms with Gasteiger partial charge >= 0.3 is 0 Å². The molecule has 0 aromatic carbocycles. The number of aliphatic imine (C=N–C) groups is 1. The molecule has 26 heavy (non-hydrogen) atoms. The van der Waals surface area contributed by atoms with Crippen LogP contribution in [0.3, 0.4) is 0 Å². The summed E-state index contributed by atoms with van der Waals surface area (Å²) in [6.07, 6.45) is 4.01. The summed E-state index contributed by atoms with van der Waals surface area (Å²) in [5.74, 6) is 1.95. The zero-order valence-corrected chi connectivity index (χ0v) is 15.3. The van der Waals surface area contributed by atoms with E-state index in [2.05, 4.69) is 30.3 Å². The van der Waals surface area contributed by atoms with Gasteiger partial charge in [0.05, 0.1) is 13.2 Å². The van der Waals surface area contributed by atoms with E-state index in [1.165, 1.54) is 6.42 Å². The zero-order chi connectivity index (χ0) is 17.8. The van der Waals surface area contributed by atoms with Crippen molar-refractivity contribution in [2.75, 3.05) is 53.0 Å². The van der Waals surface area contributed by atoms with Crippen LogP contribution in [-0.2, 0) is 11.2 Å². The Hall–Kier alpha value is -2.19. The largest absolute Gasteiger partial charge is 0.379 e. The van der Waals surface area contributed by atoms with Gasteiger partial charge in [0, 0.05) is 58.4 Å². The Labute approximate surface area is 153 Å². The summed E-state index contributed by atoms with van der Waals surface area (Å²) in [6, 6.07) is 6.56. The molecule has 1 N–H and O–H groups in total. The van der Waals surface area contributed by atoms with E-state index in [9.17, 15) is 0 Å². The van der Waals surface area contributed by atoms with E-state index in [-0.39, 0.29) is 0 Å². The van der Waals surface area contributed by atoms with Crippen LogP contribution in [-0.4, -0.2) is 89.4 Å². The molecule has 4 heterocycles. The maximum absolute atomic E-state index is 5.47. The molecule has 2 aromatic heterocycles. The second-order valence-electron chi connectivity index (χ2n) is 6.81. The summed E-state index contributed by atoms with van der Waals surface area (Å²) in [7, 11) is 1.86. The Balaban J connectivity index is 1.29. The number of nitrogens with one attached hydrogen (secondary N) is 1. The molecule has 1 atom stereocenters. The second kappa shape index (κ2) is 8.01. The molecule has 140 valence electrons. The highest BCUT2D eigenvalue weighted by molar-refractivity contribution is 5.80. The number of ether oxygens (including phenoxy) is 1. The monoisotopic (exact) mass is 357 g/mol. The van der Waals surface area contributed by atoms with E-state index in [1.807, 2.05) is 35.8 Å². The van der Waals surface area contributed by atoms with Crippen molar-refractivity contribution in [3.05, 3.63) is 30.2 Å². The summed E-state index contributed by atoms with van der Waals surface area (Å²) in [6.45, 7) is 6.69. The van der Waals surface area contributed by atoms with E-state index in [0.29, 0.717) is 6.04 Å². The number of hydrogen-bond donors (Lipinski definition) is 1. The Morgan fingerprint density at radius 3 is 3.00 bits per heavy atom. The average Bonchev–Trinajstić information content (AvgIpc) is 3.34. The molecule has 2 aromatic rings. The third-order valence-electron chi connectivity index (χ3n) is 5.25. The standard InChI is InChI=1S/C18H27N7O/c1-19-18(24-9-6-15(14-24)23-10-12-26-13-11-23)20-7-5-17-22-21-16-4-2-3-8-25(16)17/h2-4,8,15H,5-7,9-14H2,1H3,(H,19,20). The fourth-order valence-electron chi connectivity index (χ4n) is 3.85. The lowest BCUT2D eigenvalue weighted by atomic mass is 10.2. The quantitative estimate of drug-likeness (QED) is 0.625. The van der Waals surface area contributed by atoms with Crippen molar-refractivity contribution in [3.63, 3.8) is 0 Å². The van der Waals surface area contributed by atoms with Gasteiger partial charge in [-0.05, 0) is 18.6 Å². The molecule has 0 saturated carbocycles. The molecule has 0 amide bonds. The molecular weight excluding hydrogens is 330 g/mol. The van der Waals surface area contributed by atoms with Gasteiger partial charge in [-0.2, -0.15) is 0 Å². The number of aromatic nitrogens is 3. The first-order chi connectivity index (χ1) is 12.8. The smallest absolute Gasteiger partial charge is 0.193 e. The molecule has 8 nitrogen and oxygen atoms in total. The number of rotatable bonds is 4. The van der Waals surface area contributed by atoms with E-state index in [1.54, 1.807) is 0 Å². The molecular formula is C18H27N7O. The van der Waals surface area contributed by atoms with Gasteiger partial charge in [-0.1, -0.05) is 6.07 Å². The lowest BCUT2D eigenvalue weighted by Crippen LogP contribution is -2.47. The van der Waals surface area contributed by atoms with Crippen molar-refractivity contribution < 1.29 is 4.74 Å². The number of guanidine groups is 1. The van der Waals surface area contributed by atoms with E-state index >= 15 is 0 Å². The maximum atomic E-state index is 5.47. The fraction of sp³-hybridized carbons (Fsp3) is 0.611. The van der Waals surface area contributed by atoms with Crippen LogP contribution in [0, 0.1) is 0 Å². The van der Waals surface area contributed by atoms with E-state index in [0.717, 1.165) is 69.8 Å². The summed E-state index contributed by atoms with van der Waals surface area (Å²) >= 11 is 0. The Kier molecular flexibility index (Phi) is 5.31. The molecule has 2 aliphatic heterocycles. The summed E-state index contributed by atoms with van der Waals surface area (Å²) in [4.78, 5) is 9.39. The predicted molar refractivity (Wildman–Crippen MR) is 100 cm³/mol. The van der Waals surface area contributed by atoms with Crippen LogP contribution in [0.15, 0.2) is 29.4 Å². The van der Waals surface area contributed by atoms with Gasteiger partial charge in [0.1, 0.15) is 5.82 Å². The normalized spacial score (nSPS) is 22.3. The first-order valence-electron chi connectivity index (χ1n) is 9.41. The Bertz CT molecular complexity index is 753. The van der Waals surface area contributed by atoms with E-state index in [4.69, 9.17) is 4.74 Å². The number of pyridine rings is 1. The molecule has 0 bridgehead atoms.